The molecule has 0 radical (unpaired) electrons. The maximum absolute atomic E-state index is 13.3. The number of unbranched alkanes of at least 4 members (excludes halogenated alkanes) is 2. The number of likely N-dealkylation sites (N-methyl/N-ethyl adjacent to an activating group) is 1. The van der Waals surface area contributed by atoms with E-state index in [1.54, 1.807) is 11.9 Å². The Labute approximate surface area is 199 Å². The monoisotopic (exact) mass is 461 g/mol. The molecule has 0 aromatic heterocycles. The van der Waals surface area contributed by atoms with Crippen LogP contribution in [0.1, 0.15) is 83.6 Å². The fourth-order valence-corrected chi connectivity index (χ4v) is 4.35. The second-order valence-electron chi connectivity index (χ2n) is 9.42. The van der Waals surface area contributed by atoms with Gasteiger partial charge >= 0.3 is 5.97 Å². The van der Waals surface area contributed by atoms with Crippen molar-refractivity contribution in [3.63, 3.8) is 0 Å². The Morgan fingerprint density at radius 1 is 1.09 bits per heavy atom. The molecule has 1 amide bonds. The summed E-state index contributed by atoms with van der Waals surface area (Å²) < 4.78 is 11.5. The topological polar surface area (TPSA) is 76.1 Å². The SMILES string of the molecule is CCCCCC1CC[C@H](C)CCCCC(=O)N(C)C(Cc2ccc(OCCO)cc2)C(=O)O1. The first-order valence-corrected chi connectivity index (χ1v) is 12.7. The number of amides is 1. The number of carbonyl (C=O) groups excluding carboxylic acids is 2. The fraction of sp³-hybridized carbons (Fsp3) is 0.704. The molecule has 1 aliphatic heterocycles. The summed E-state index contributed by atoms with van der Waals surface area (Å²) in [5, 5.41) is 8.92. The number of hydrogen-bond acceptors (Lipinski definition) is 5. The third-order valence-electron chi connectivity index (χ3n) is 6.58. The number of rotatable bonds is 9. The standard InChI is InChI=1S/C27H43NO5/c1-4-5-6-10-24-15-12-21(2)9-7-8-11-26(30)28(3)25(27(31)33-24)20-22-13-16-23(17-14-22)32-19-18-29/h13-14,16-17,21,24-25,29H,4-12,15,18-20H2,1-3H3/t21-,24?,25?/m1/s1. The highest BCUT2D eigenvalue weighted by Gasteiger charge is 2.30. The van der Waals surface area contributed by atoms with Crippen LogP contribution < -0.4 is 4.74 Å². The van der Waals surface area contributed by atoms with Gasteiger partial charge in [0.1, 0.15) is 24.5 Å². The molecule has 0 aliphatic carbocycles. The van der Waals surface area contributed by atoms with Gasteiger partial charge in [0, 0.05) is 19.9 Å². The quantitative estimate of drug-likeness (QED) is 0.418. The Balaban J connectivity index is 2.17. The van der Waals surface area contributed by atoms with E-state index in [-0.39, 0.29) is 31.2 Å². The number of nitrogens with zero attached hydrogens (tertiary/aromatic N) is 1. The Morgan fingerprint density at radius 2 is 1.85 bits per heavy atom. The van der Waals surface area contributed by atoms with E-state index in [0.717, 1.165) is 63.4 Å². The first kappa shape index (κ1) is 27.2. The molecule has 1 heterocycles. The van der Waals surface area contributed by atoms with Crippen molar-refractivity contribution < 1.29 is 24.2 Å². The van der Waals surface area contributed by atoms with E-state index in [1.807, 2.05) is 24.3 Å². The highest BCUT2D eigenvalue weighted by atomic mass is 16.5. The van der Waals surface area contributed by atoms with Gasteiger partial charge in [-0.1, -0.05) is 51.7 Å². The van der Waals surface area contributed by atoms with Crippen LogP contribution in [0, 0.1) is 5.92 Å². The summed E-state index contributed by atoms with van der Waals surface area (Å²) in [6.07, 6.45) is 9.91. The van der Waals surface area contributed by atoms with Crippen LogP contribution >= 0.6 is 0 Å². The summed E-state index contributed by atoms with van der Waals surface area (Å²) in [6, 6.07) is 6.81. The molecule has 2 unspecified atom stereocenters. The summed E-state index contributed by atoms with van der Waals surface area (Å²) in [5.41, 5.74) is 0.938. The first-order chi connectivity index (χ1) is 15.9. The third-order valence-corrected chi connectivity index (χ3v) is 6.58. The minimum atomic E-state index is -0.645. The molecule has 1 fully saturated rings. The smallest absolute Gasteiger partial charge is 0.329 e. The highest BCUT2D eigenvalue weighted by Crippen LogP contribution is 2.23. The average Bonchev–Trinajstić information content (AvgIpc) is 2.82. The molecule has 0 saturated carbocycles. The van der Waals surface area contributed by atoms with Crippen molar-refractivity contribution in [2.75, 3.05) is 20.3 Å². The van der Waals surface area contributed by atoms with Crippen molar-refractivity contribution in [3.8, 4) is 5.75 Å². The van der Waals surface area contributed by atoms with Crippen LogP contribution in [0.5, 0.6) is 5.75 Å². The summed E-state index contributed by atoms with van der Waals surface area (Å²) in [7, 11) is 1.72. The number of aliphatic hydroxyl groups excluding tert-OH is 1. The van der Waals surface area contributed by atoms with Crippen molar-refractivity contribution in [1.82, 2.24) is 4.90 Å². The van der Waals surface area contributed by atoms with Crippen LogP contribution in [0.25, 0.3) is 0 Å². The van der Waals surface area contributed by atoms with Crippen molar-refractivity contribution >= 4 is 11.9 Å². The predicted molar refractivity (Wildman–Crippen MR) is 130 cm³/mol. The molecule has 1 saturated heterocycles. The molecule has 1 aromatic rings. The molecule has 1 aliphatic rings. The Morgan fingerprint density at radius 3 is 2.55 bits per heavy atom. The minimum absolute atomic E-state index is 0.00529. The Kier molecular flexibility index (Phi) is 12.3. The zero-order valence-corrected chi connectivity index (χ0v) is 20.8. The largest absolute Gasteiger partial charge is 0.491 e. The Hall–Kier alpha value is -2.08. The molecule has 0 bridgehead atoms. The number of ether oxygens (including phenoxy) is 2. The lowest BCUT2D eigenvalue weighted by atomic mass is 9.95. The number of cyclic esters (lactones) is 1. The maximum Gasteiger partial charge on any atom is 0.329 e. The fourth-order valence-electron chi connectivity index (χ4n) is 4.35. The Bertz CT molecular complexity index is 705. The van der Waals surface area contributed by atoms with Crippen LogP contribution in [-0.4, -0.2) is 54.3 Å². The molecule has 3 atom stereocenters. The second kappa shape index (κ2) is 14.9. The number of benzene rings is 1. The average molecular weight is 462 g/mol. The van der Waals surface area contributed by atoms with Crippen LogP contribution in [0.4, 0.5) is 0 Å². The lowest BCUT2D eigenvalue weighted by molar-refractivity contribution is -0.159. The molecule has 1 N–H and O–H groups in total. The molecular weight excluding hydrogens is 418 g/mol. The van der Waals surface area contributed by atoms with E-state index in [2.05, 4.69) is 13.8 Å². The minimum Gasteiger partial charge on any atom is -0.491 e. The predicted octanol–water partition coefficient (Wildman–Crippen LogP) is 4.91. The van der Waals surface area contributed by atoms with E-state index in [1.165, 1.54) is 0 Å². The van der Waals surface area contributed by atoms with E-state index in [0.29, 0.717) is 24.5 Å². The lowest BCUT2D eigenvalue weighted by Gasteiger charge is -2.29. The van der Waals surface area contributed by atoms with Crippen LogP contribution in [-0.2, 0) is 20.7 Å². The van der Waals surface area contributed by atoms with Gasteiger partial charge in [0.15, 0.2) is 0 Å². The van der Waals surface area contributed by atoms with E-state index in [9.17, 15) is 9.59 Å². The normalized spacial score (nSPS) is 23.3. The van der Waals surface area contributed by atoms with Gasteiger partial charge in [0.05, 0.1) is 6.61 Å². The van der Waals surface area contributed by atoms with Gasteiger partial charge in [-0.05, 0) is 55.7 Å². The molecule has 0 spiro atoms. The van der Waals surface area contributed by atoms with E-state index >= 15 is 0 Å². The number of hydrogen-bond donors (Lipinski definition) is 1. The molecule has 1 aromatic carbocycles. The first-order valence-electron chi connectivity index (χ1n) is 12.7. The van der Waals surface area contributed by atoms with Gasteiger partial charge in [-0.3, -0.25) is 4.79 Å². The summed E-state index contributed by atoms with van der Waals surface area (Å²) in [6.45, 7) is 4.63. The van der Waals surface area contributed by atoms with E-state index in [4.69, 9.17) is 14.6 Å². The molecular formula is C27H43NO5. The number of esters is 1. The zero-order chi connectivity index (χ0) is 24.1. The second-order valence-corrected chi connectivity index (χ2v) is 9.42. The van der Waals surface area contributed by atoms with E-state index < -0.39 is 6.04 Å². The lowest BCUT2D eigenvalue weighted by Crippen LogP contribution is -2.45. The van der Waals surface area contributed by atoms with Crippen molar-refractivity contribution in [3.05, 3.63) is 29.8 Å². The highest BCUT2D eigenvalue weighted by molar-refractivity contribution is 5.84. The summed E-state index contributed by atoms with van der Waals surface area (Å²) in [5.74, 6) is 0.933. The van der Waals surface area contributed by atoms with Crippen molar-refractivity contribution in [2.45, 2.75) is 96.6 Å². The zero-order valence-electron chi connectivity index (χ0n) is 20.8. The van der Waals surface area contributed by atoms with Gasteiger partial charge in [-0.2, -0.15) is 0 Å². The van der Waals surface area contributed by atoms with Crippen molar-refractivity contribution in [1.29, 1.82) is 0 Å². The molecule has 33 heavy (non-hydrogen) atoms. The van der Waals surface area contributed by atoms with Gasteiger partial charge in [0.25, 0.3) is 0 Å². The van der Waals surface area contributed by atoms with Gasteiger partial charge in [0.2, 0.25) is 5.91 Å². The van der Waals surface area contributed by atoms with Gasteiger partial charge in [-0.25, -0.2) is 4.79 Å². The molecule has 6 heteroatoms. The molecule has 6 nitrogen and oxygen atoms in total. The summed E-state index contributed by atoms with van der Waals surface area (Å²) in [4.78, 5) is 27.8. The van der Waals surface area contributed by atoms with Crippen molar-refractivity contribution in [2.24, 2.45) is 5.92 Å². The molecule has 2 rings (SSSR count). The van der Waals surface area contributed by atoms with Gasteiger partial charge < -0.3 is 19.5 Å². The molecule has 186 valence electrons. The number of aliphatic hydroxyl groups is 1. The maximum atomic E-state index is 13.3. The third kappa shape index (κ3) is 9.75. The van der Waals surface area contributed by atoms with Crippen LogP contribution in [0.3, 0.4) is 0 Å². The van der Waals surface area contributed by atoms with Crippen LogP contribution in [0.2, 0.25) is 0 Å². The van der Waals surface area contributed by atoms with Crippen LogP contribution in [0.15, 0.2) is 24.3 Å². The number of carbonyl (C=O) groups is 2. The van der Waals surface area contributed by atoms with Gasteiger partial charge in [-0.15, -0.1) is 0 Å². The summed E-state index contributed by atoms with van der Waals surface area (Å²) >= 11 is 0.